The maximum atomic E-state index is 11.2. The second-order valence-electron chi connectivity index (χ2n) is 2.28. The molecule has 1 aromatic heterocycles. The fourth-order valence-electron chi connectivity index (χ4n) is 0.854. The van der Waals surface area contributed by atoms with Gasteiger partial charge in [0.05, 0.1) is 12.2 Å². The number of carbonyl (C=O) groups is 2. The molecule has 8 nitrogen and oxygen atoms in total. The minimum Gasteiger partial charge on any atom is -0.461 e. The van der Waals surface area contributed by atoms with Crippen LogP contribution in [0.25, 0.3) is 10.4 Å². The van der Waals surface area contributed by atoms with Gasteiger partial charge in [0.1, 0.15) is 0 Å². The number of hydrogen-bond acceptors (Lipinski definition) is 6. The monoisotopic (exact) mass is 210 g/mol. The van der Waals surface area contributed by atoms with Crippen LogP contribution in [0, 0.1) is 0 Å². The van der Waals surface area contributed by atoms with E-state index in [2.05, 4.69) is 24.4 Å². The van der Waals surface area contributed by atoms with E-state index in [4.69, 9.17) is 5.53 Å². The minimum atomic E-state index is -0.803. The van der Waals surface area contributed by atoms with Crippen LogP contribution in [0.3, 0.4) is 0 Å². The van der Waals surface area contributed by atoms with Crippen molar-refractivity contribution in [1.82, 2.24) is 5.16 Å². The molecule has 0 aliphatic heterocycles. The first-order valence-corrected chi connectivity index (χ1v) is 3.91. The molecular weight excluding hydrogens is 204 g/mol. The summed E-state index contributed by atoms with van der Waals surface area (Å²) in [5.41, 5.74) is 7.62. The zero-order valence-corrected chi connectivity index (χ0v) is 7.71. The van der Waals surface area contributed by atoms with Crippen LogP contribution in [-0.2, 0) is 4.74 Å². The Hall–Kier alpha value is -2.34. The van der Waals surface area contributed by atoms with Gasteiger partial charge in [-0.05, 0) is 17.6 Å². The van der Waals surface area contributed by atoms with Crippen molar-refractivity contribution in [1.29, 1.82) is 0 Å². The maximum absolute atomic E-state index is 11.2. The molecule has 0 radical (unpaired) electrons. The Morgan fingerprint density at radius 1 is 1.80 bits per heavy atom. The summed E-state index contributed by atoms with van der Waals surface area (Å²) in [6, 6.07) is 0. The zero-order valence-electron chi connectivity index (χ0n) is 7.71. The number of aromatic nitrogens is 1. The number of aldehydes is 1. The Morgan fingerprint density at radius 2 is 2.53 bits per heavy atom. The fraction of sp³-hybridized carbons (Fsp3) is 0.286. The number of carbonyl (C=O) groups excluding carboxylic acids is 2. The highest BCUT2D eigenvalue weighted by Gasteiger charge is 2.21. The average molecular weight is 210 g/mol. The van der Waals surface area contributed by atoms with Gasteiger partial charge in [0.2, 0.25) is 11.6 Å². The number of rotatable bonds is 4. The quantitative estimate of drug-likeness (QED) is 0.246. The number of azide groups is 1. The van der Waals surface area contributed by atoms with Crippen molar-refractivity contribution >= 4 is 18.1 Å². The second-order valence-corrected chi connectivity index (χ2v) is 2.28. The van der Waals surface area contributed by atoms with Crippen molar-refractivity contribution in [2.75, 3.05) is 6.61 Å². The minimum absolute atomic E-state index is 0.140. The summed E-state index contributed by atoms with van der Waals surface area (Å²) < 4.78 is 9.10. The highest BCUT2D eigenvalue weighted by molar-refractivity contribution is 5.98. The van der Waals surface area contributed by atoms with Gasteiger partial charge in [0.25, 0.3) is 0 Å². The summed E-state index contributed by atoms with van der Waals surface area (Å²) in [7, 11) is 0. The van der Waals surface area contributed by atoms with Crippen molar-refractivity contribution in [2.45, 2.75) is 6.92 Å². The molecule has 1 heterocycles. The van der Waals surface area contributed by atoms with Gasteiger partial charge >= 0.3 is 5.97 Å². The van der Waals surface area contributed by atoms with Crippen molar-refractivity contribution in [3.05, 3.63) is 21.7 Å². The molecule has 0 N–H and O–H groups in total. The van der Waals surface area contributed by atoms with Gasteiger partial charge in [-0.1, -0.05) is 5.16 Å². The predicted octanol–water partition coefficient (Wildman–Crippen LogP) is 1.61. The first-order chi connectivity index (χ1) is 7.24. The Balaban J connectivity index is 3.14. The Morgan fingerprint density at radius 3 is 3.07 bits per heavy atom. The van der Waals surface area contributed by atoms with E-state index in [9.17, 15) is 9.59 Å². The Kier molecular flexibility index (Phi) is 3.42. The number of hydrogen-bond donors (Lipinski definition) is 0. The van der Waals surface area contributed by atoms with E-state index in [0.29, 0.717) is 6.29 Å². The van der Waals surface area contributed by atoms with E-state index < -0.39 is 5.97 Å². The van der Waals surface area contributed by atoms with E-state index >= 15 is 0 Å². The molecule has 0 aliphatic rings. The van der Waals surface area contributed by atoms with Crippen LogP contribution in [0.15, 0.2) is 9.64 Å². The van der Waals surface area contributed by atoms with Gasteiger partial charge in [-0.25, -0.2) is 4.79 Å². The van der Waals surface area contributed by atoms with E-state index in [1.54, 1.807) is 6.92 Å². The van der Waals surface area contributed by atoms with Crippen LogP contribution in [0.4, 0.5) is 5.88 Å². The topological polar surface area (TPSA) is 118 Å². The average Bonchev–Trinajstić information content (AvgIpc) is 2.62. The third kappa shape index (κ3) is 2.12. The molecule has 8 heteroatoms. The highest BCUT2D eigenvalue weighted by Crippen LogP contribution is 2.21. The summed E-state index contributed by atoms with van der Waals surface area (Å²) in [4.78, 5) is 24.2. The Labute approximate surface area is 83.4 Å². The summed E-state index contributed by atoms with van der Waals surface area (Å²) in [5.74, 6) is -1.15. The van der Waals surface area contributed by atoms with Gasteiger partial charge in [0.15, 0.2) is 6.29 Å². The van der Waals surface area contributed by atoms with E-state index in [1.165, 1.54) is 0 Å². The van der Waals surface area contributed by atoms with Gasteiger partial charge in [0, 0.05) is 4.91 Å². The van der Waals surface area contributed by atoms with Crippen LogP contribution in [-0.4, -0.2) is 24.0 Å². The van der Waals surface area contributed by atoms with Crippen molar-refractivity contribution in [2.24, 2.45) is 5.11 Å². The molecule has 0 saturated heterocycles. The normalized spacial score (nSPS) is 9.13. The number of ether oxygens (including phenoxy) is 1. The maximum Gasteiger partial charge on any atom is 0.361 e. The molecule has 0 fully saturated rings. The third-order valence-electron chi connectivity index (χ3n) is 1.43. The lowest BCUT2D eigenvalue weighted by molar-refractivity contribution is 0.0513. The van der Waals surface area contributed by atoms with Crippen LogP contribution in [0.1, 0.15) is 27.8 Å². The molecule has 0 aromatic carbocycles. The van der Waals surface area contributed by atoms with Gasteiger partial charge < -0.3 is 9.26 Å². The standard InChI is InChI=1S/C7H6N4O4/c1-2-14-7(13)5-4(3-12)6(9-11-8)15-10-5/h3H,2H2,1H3. The number of nitrogens with zero attached hydrogens (tertiary/aromatic N) is 4. The largest absolute Gasteiger partial charge is 0.461 e. The van der Waals surface area contributed by atoms with E-state index in [-0.39, 0.29) is 23.7 Å². The molecule has 0 saturated carbocycles. The summed E-state index contributed by atoms with van der Waals surface area (Å²) in [6.07, 6.45) is 0.312. The van der Waals surface area contributed by atoms with Crippen molar-refractivity contribution in [3.63, 3.8) is 0 Å². The molecule has 0 spiro atoms. The molecular formula is C7H6N4O4. The zero-order chi connectivity index (χ0) is 11.3. The summed E-state index contributed by atoms with van der Waals surface area (Å²) >= 11 is 0. The molecule has 0 bridgehead atoms. The third-order valence-corrected chi connectivity index (χ3v) is 1.43. The summed E-state index contributed by atoms with van der Waals surface area (Å²) in [5, 5.41) is 6.33. The molecule has 1 aromatic rings. The molecule has 0 unspecified atom stereocenters. The predicted molar refractivity (Wildman–Crippen MR) is 46.7 cm³/mol. The van der Waals surface area contributed by atoms with Crippen LogP contribution >= 0.6 is 0 Å². The lowest BCUT2D eigenvalue weighted by atomic mass is 10.2. The van der Waals surface area contributed by atoms with Gasteiger partial charge in [-0.15, -0.1) is 0 Å². The van der Waals surface area contributed by atoms with Crippen molar-refractivity contribution < 1.29 is 18.8 Å². The number of esters is 1. The smallest absolute Gasteiger partial charge is 0.361 e. The SMILES string of the molecule is CCOC(=O)c1noc(N=[N+]=[N-])c1C=O. The van der Waals surface area contributed by atoms with Crippen LogP contribution in [0.2, 0.25) is 0 Å². The Bertz CT molecular complexity index is 432. The van der Waals surface area contributed by atoms with Gasteiger partial charge in [-0.3, -0.25) is 4.79 Å². The first kappa shape index (κ1) is 10.7. The van der Waals surface area contributed by atoms with E-state index in [1.807, 2.05) is 0 Å². The van der Waals surface area contributed by atoms with Gasteiger partial charge in [-0.2, -0.15) is 0 Å². The molecule has 1 rings (SSSR count). The summed E-state index contributed by atoms with van der Waals surface area (Å²) in [6.45, 7) is 1.74. The molecule has 0 aliphatic carbocycles. The highest BCUT2D eigenvalue weighted by atomic mass is 16.5. The molecule has 0 atom stereocenters. The molecule has 0 amide bonds. The van der Waals surface area contributed by atoms with Crippen LogP contribution < -0.4 is 0 Å². The molecule has 78 valence electrons. The van der Waals surface area contributed by atoms with E-state index in [0.717, 1.165) is 0 Å². The lowest BCUT2D eigenvalue weighted by Crippen LogP contribution is -2.07. The van der Waals surface area contributed by atoms with Crippen LogP contribution in [0.5, 0.6) is 0 Å². The first-order valence-electron chi connectivity index (χ1n) is 3.91. The lowest BCUT2D eigenvalue weighted by Gasteiger charge is -1.96. The second kappa shape index (κ2) is 4.77. The fourth-order valence-corrected chi connectivity index (χ4v) is 0.854. The molecule has 15 heavy (non-hydrogen) atoms. The van der Waals surface area contributed by atoms with Crippen molar-refractivity contribution in [3.8, 4) is 0 Å².